The fourth-order valence-corrected chi connectivity index (χ4v) is 4.43. The van der Waals surface area contributed by atoms with Crippen molar-refractivity contribution in [2.24, 2.45) is 0 Å². The third-order valence-electron chi connectivity index (χ3n) is 6.24. The average molecular weight is 463 g/mol. The number of ether oxygens (including phenoxy) is 1. The van der Waals surface area contributed by atoms with Crippen LogP contribution in [0.5, 0.6) is 5.75 Å². The van der Waals surface area contributed by atoms with Crippen LogP contribution in [0, 0.1) is 5.82 Å². The summed E-state index contributed by atoms with van der Waals surface area (Å²) in [6, 6.07) is 1.21. The number of methoxy groups -OCH3 is 1. The van der Waals surface area contributed by atoms with Gasteiger partial charge in [0.15, 0.2) is 11.6 Å². The second kappa shape index (κ2) is 11.0. The lowest BCUT2D eigenvalue weighted by molar-refractivity contribution is 0.0694. The summed E-state index contributed by atoms with van der Waals surface area (Å²) < 4.78 is 22.9. The minimum atomic E-state index is -1.33. The van der Waals surface area contributed by atoms with E-state index in [9.17, 15) is 19.8 Å². The Balaban J connectivity index is 2.06. The molecular formula is C25H35FN2O5. The number of aromatic carboxylic acids is 1. The van der Waals surface area contributed by atoms with Crippen LogP contribution in [0.3, 0.4) is 0 Å². The van der Waals surface area contributed by atoms with Crippen molar-refractivity contribution in [1.82, 2.24) is 4.57 Å². The van der Waals surface area contributed by atoms with Crippen molar-refractivity contribution >= 4 is 22.6 Å². The summed E-state index contributed by atoms with van der Waals surface area (Å²) in [5, 5.41) is 19.7. The second-order valence-electron chi connectivity index (χ2n) is 8.88. The Morgan fingerprint density at radius 1 is 1.24 bits per heavy atom. The van der Waals surface area contributed by atoms with Gasteiger partial charge in [0.2, 0.25) is 5.43 Å². The smallest absolute Gasteiger partial charge is 0.341 e. The topological polar surface area (TPSA) is 92.0 Å². The molecule has 1 atom stereocenters. The third kappa shape index (κ3) is 5.49. The maximum Gasteiger partial charge on any atom is 0.341 e. The van der Waals surface area contributed by atoms with E-state index in [1.165, 1.54) is 13.3 Å². The molecular weight excluding hydrogens is 427 g/mol. The predicted molar refractivity (Wildman–Crippen MR) is 127 cm³/mol. The number of benzene rings is 1. The van der Waals surface area contributed by atoms with E-state index in [0.717, 1.165) is 44.6 Å². The largest absolute Gasteiger partial charge is 0.492 e. The fourth-order valence-electron chi connectivity index (χ4n) is 4.43. The number of hydrogen-bond acceptors (Lipinski definition) is 5. The van der Waals surface area contributed by atoms with Gasteiger partial charge in [-0.3, -0.25) is 4.79 Å². The van der Waals surface area contributed by atoms with Gasteiger partial charge in [0.1, 0.15) is 11.3 Å². The normalized spacial score (nSPS) is 14.5. The van der Waals surface area contributed by atoms with Gasteiger partial charge in [0.05, 0.1) is 24.1 Å². The summed E-state index contributed by atoms with van der Waals surface area (Å²) >= 11 is 0. The first kappa shape index (κ1) is 25.0. The Kier molecular flexibility index (Phi) is 8.35. The Bertz CT molecular complexity index is 1050. The number of carboxylic acid groups (broad SMARTS) is 1. The molecule has 1 aromatic carbocycles. The van der Waals surface area contributed by atoms with Gasteiger partial charge in [-0.15, -0.1) is 0 Å². The minimum absolute atomic E-state index is 0.0198. The lowest BCUT2D eigenvalue weighted by Gasteiger charge is -2.28. The molecule has 33 heavy (non-hydrogen) atoms. The van der Waals surface area contributed by atoms with Crippen molar-refractivity contribution < 1.29 is 24.1 Å². The monoisotopic (exact) mass is 462 g/mol. The molecule has 1 saturated carbocycles. The SMILES string of the molecule is CCCCC(O)CCCN(CCC)c1c(F)cc2c(=O)c(C(=O)O)cn(C3CC3)c2c1OC. The lowest BCUT2D eigenvalue weighted by atomic mass is 10.1. The predicted octanol–water partition coefficient (Wildman–Crippen LogP) is 4.73. The molecule has 1 aliphatic carbocycles. The summed E-state index contributed by atoms with van der Waals surface area (Å²) in [4.78, 5) is 26.4. The standard InChI is InChI=1S/C25H35FN2O5/c1-4-6-8-17(29)9-7-13-27(12-5-2)22-20(26)14-18-21(24(22)33-3)28(16-10-11-16)15-19(23(18)30)25(31)32/h14-17,29H,4-13H2,1-3H3,(H,31,32). The van der Waals surface area contributed by atoms with Crippen LogP contribution in [-0.2, 0) is 0 Å². The van der Waals surface area contributed by atoms with Gasteiger partial charge in [-0.25, -0.2) is 9.18 Å². The molecule has 182 valence electrons. The molecule has 2 N–H and O–H groups in total. The number of fused-ring (bicyclic) bond motifs is 1. The van der Waals surface area contributed by atoms with Crippen molar-refractivity contribution in [3.63, 3.8) is 0 Å². The molecule has 1 fully saturated rings. The van der Waals surface area contributed by atoms with Crippen molar-refractivity contribution in [3.8, 4) is 5.75 Å². The van der Waals surface area contributed by atoms with Gasteiger partial charge in [-0.05, 0) is 44.6 Å². The number of unbranched alkanes of at least 4 members (excludes halogenated alkanes) is 1. The first-order valence-electron chi connectivity index (χ1n) is 12.0. The van der Waals surface area contributed by atoms with Crippen molar-refractivity contribution in [3.05, 3.63) is 33.9 Å². The molecule has 1 aromatic heterocycles. The highest BCUT2D eigenvalue weighted by Crippen LogP contribution is 2.43. The van der Waals surface area contributed by atoms with Gasteiger partial charge < -0.3 is 24.4 Å². The molecule has 8 heteroatoms. The number of rotatable bonds is 13. The van der Waals surface area contributed by atoms with E-state index in [0.29, 0.717) is 31.4 Å². The number of pyridine rings is 1. The van der Waals surface area contributed by atoms with Gasteiger partial charge in [-0.1, -0.05) is 26.7 Å². The molecule has 0 saturated heterocycles. The molecule has 0 radical (unpaired) electrons. The molecule has 1 unspecified atom stereocenters. The maximum atomic E-state index is 15.5. The van der Waals surface area contributed by atoms with E-state index in [1.807, 2.05) is 11.8 Å². The summed E-state index contributed by atoms with van der Waals surface area (Å²) in [7, 11) is 1.45. The van der Waals surface area contributed by atoms with Crippen LogP contribution in [0.1, 0.15) is 81.6 Å². The van der Waals surface area contributed by atoms with Gasteiger partial charge in [-0.2, -0.15) is 0 Å². The number of nitrogens with zero attached hydrogens (tertiary/aromatic N) is 2. The van der Waals surface area contributed by atoms with Crippen molar-refractivity contribution in [1.29, 1.82) is 0 Å². The Hall–Kier alpha value is -2.61. The Morgan fingerprint density at radius 3 is 2.52 bits per heavy atom. The van der Waals surface area contributed by atoms with Crippen LogP contribution < -0.4 is 15.1 Å². The number of aromatic nitrogens is 1. The average Bonchev–Trinajstić information content (AvgIpc) is 3.62. The summed E-state index contributed by atoms with van der Waals surface area (Å²) in [6.45, 7) is 5.22. The van der Waals surface area contributed by atoms with Gasteiger partial charge >= 0.3 is 5.97 Å². The zero-order chi connectivity index (χ0) is 24.1. The molecule has 0 bridgehead atoms. The van der Waals surface area contributed by atoms with E-state index in [2.05, 4.69) is 6.92 Å². The van der Waals surface area contributed by atoms with Crippen LogP contribution in [0.25, 0.3) is 10.9 Å². The maximum absolute atomic E-state index is 15.5. The van der Waals surface area contributed by atoms with Gasteiger partial charge in [0, 0.05) is 25.3 Å². The van der Waals surface area contributed by atoms with E-state index in [4.69, 9.17) is 4.74 Å². The Labute approximate surface area is 193 Å². The molecule has 0 amide bonds. The van der Waals surface area contributed by atoms with Crippen LogP contribution in [0.2, 0.25) is 0 Å². The summed E-state index contributed by atoms with van der Waals surface area (Å²) in [5.41, 5.74) is -0.350. The van der Waals surface area contributed by atoms with Crippen molar-refractivity contribution in [2.45, 2.75) is 77.4 Å². The minimum Gasteiger partial charge on any atom is -0.492 e. The second-order valence-corrected chi connectivity index (χ2v) is 8.88. The molecule has 7 nitrogen and oxygen atoms in total. The number of carboxylic acids is 1. The van der Waals surface area contributed by atoms with E-state index < -0.39 is 17.2 Å². The molecule has 3 rings (SSSR count). The first-order valence-corrected chi connectivity index (χ1v) is 12.0. The van der Waals surface area contributed by atoms with Crippen LogP contribution >= 0.6 is 0 Å². The summed E-state index contributed by atoms with van der Waals surface area (Å²) in [6.07, 6.45) is 7.60. The molecule has 1 heterocycles. The number of aliphatic hydroxyl groups is 1. The van der Waals surface area contributed by atoms with Gasteiger partial charge in [0.25, 0.3) is 0 Å². The highest BCUT2D eigenvalue weighted by molar-refractivity contribution is 5.97. The number of aliphatic hydroxyl groups excluding tert-OH is 1. The zero-order valence-electron chi connectivity index (χ0n) is 19.8. The number of carbonyl (C=O) groups is 1. The zero-order valence-corrected chi connectivity index (χ0v) is 19.8. The third-order valence-corrected chi connectivity index (χ3v) is 6.24. The van der Waals surface area contributed by atoms with Crippen molar-refractivity contribution in [2.75, 3.05) is 25.1 Å². The van der Waals surface area contributed by atoms with Crippen LogP contribution in [0.15, 0.2) is 17.1 Å². The fraction of sp³-hybridized carbons (Fsp3) is 0.600. The first-order chi connectivity index (χ1) is 15.8. The van der Waals surface area contributed by atoms with E-state index in [-0.39, 0.29) is 34.5 Å². The number of hydrogen-bond donors (Lipinski definition) is 2. The number of halogens is 1. The van der Waals surface area contributed by atoms with E-state index in [1.54, 1.807) is 4.57 Å². The Morgan fingerprint density at radius 2 is 1.94 bits per heavy atom. The molecule has 0 spiro atoms. The molecule has 0 aliphatic heterocycles. The quantitative estimate of drug-likeness (QED) is 0.447. The van der Waals surface area contributed by atoms with E-state index >= 15 is 4.39 Å². The van der Waals surface area contributed by atoms with Crippen LogP contribution in [-0.4, -0.2) is 47.1 Å². The molecule has 1 aliphatic rings. The molecule has 2 aromatic rings. The highest BCUT2D eigenvalue weighted by Gasteiger charge is 2.31. The number of anilines is 1. The van der Waals surface area contributed by atoms with Crippen LogP contribution in [0.4, 0.5) is 10.1 Å². The highest BCUT2D eigenvalue weighted by atomic mass is 19.1. The lowest BCUT2D eigenvalue weighted by Crippen LogP contribution is -2.28. The summed E-state index contributed by atoms with van der Waals surface area (Å²) in [5.74, 6) is -1.68.